The summed E-state index contributed by atoms with van der Waals surface area (Å²) < 4.78 is 14.3. The molecule has 5 heteroatoms. The number of aromatic nitrogens is 1. The van der Waals surface area contributed by atoms with E-state index in [9.17, 15) is 14.5 Å². The molecule has 17 heavy (non-hydrogen) atoms. The Morgan fingerprint density at radius 2 is 2.06 bits per heavy atom. The molecular weight excluding hydrogens is 223 g/mol. The molecule has 0 amide bonds. The van der Waals surface area contributed by atoms with Gasteiger partial charge in [0.15, 0.2) is 0 Å². The summed E-state index contributed by atoms with van der Waals surface area (Å²) in [6.45, 7) is 0. The van der Waals surface area contributed by atoms with E-state index in [1.807, 2.05) is 0 Å². The van der Waals surface area contributed by atoms with Crippen molar-refractivity contribution in [2.75, 3.05) is 0 Å². The van der Waals surface area contributed by atoms with E-state index in [0.29, 0.717) is 23.7 Å². The van der Waals surface area contributed by atoms with Crippen LogP contribution in [0.5, 0.6) is 0 Å². The van der Waals surface area contributed by atoms with Crippen molar-refractivity contribution in [3.63, 3.8) is 0 Å². The third-order valence-corrected chi connectivity index (χ3v) is 3.09. The average Bonchev–Trinajstić information content (AvgIpc) is 3.06. The van der Waals surface area contributed by atoms with Gasteiger partial charge < -0.3 is 0 Å². The smallest absolute Gasteiger partial charge is 0.258 e. The van der Waals surface area contributed by atoms with Gasteiger partial charge in [0, 0.05) is 5.39 Å². The number of pyridine rings is 1. The van der Waals surface area contributed by atoms with Gasteiger partial charge in [-0.15, -0.1) is 0 Å². The summed E-state index contributed by atoms with van der Waals surface area (Å²) in [6, 6.07) is 6.93. The molecule has 0 aliphatic heterocycles. The number of nitrogens with zero attached hydrogens (tertiary/aromatic N) is 2. The highest BCUT2D eigenvalue weighted by Crippen LogP contribution is 2.54. The Labute approximate surface area is 96.2 Å². The topological polar surface area (TPSA) is 56.0 Å². The van der Waals surface area contributed by atoms with Crippen LogP contribution in [0.1, 0.15) is 18.4 Å². The summed E-state index contributed by atoms with van der Waals surface area (Å²) in [7, 11) is 0. The van der Waals surface area contributed by atoms with Crippen molar-refractivity contribution in [2.24, 2.45) is 0 Å². The van der Waals surface area contributed by atoms with Gasteiger partial charge in [-0.2, -0.15) is 0 Å². The lowest BCUT2D eigenvalue weighted by atomic mass is 10.0. The fourth-order valence-corrected chi connectivity index (χ4v) is 2.10. The summed E-state index contributed by atoms with van der Waals surface area (Å²) in [4.78, 5) is 14.4. The molecule has 0 N–H and O–H groups in total. The molecular formula is C12H9FN2O2. The predicted octanol–water partition coefficient (Wildman–Crippen LogP) is 3.10. The van der Waals surface area contributed by atoms with E-state index in [-0.39, 0.29) is 11.3 Å². The zero-order valence-electron chi connectivity index (χ0n) is 8.89. The van der Waals surface area contributed by atoms with Crippen LogP contribution in [-0.2, 0) is 5.67 Å². The maximum atomic E-state index is 14.3. The van der Waals surface area contributed by atoms with E-state index < -0.39 is 10.6 Å². The number of fused-ring (bicyclic) bond motifs is 1. The first-order valence-corrected chi connectivity index (χ1v) is 5.33. The third kappa shape index (κ3) is 1.46. The molecule has 1 heterocycles. The molecule has 1 saturated carbocycles. The lowest BCUT2D eigenvalue weighted by Gasteiger charge is -2.09. The van der Waals surface area contributed by atoms with Crippen LogP contribution < -0.4 is 0 Å². The molecule has 1 aliphatic rings. The molecule has 0 atom stereocenters. The van der Waals surface area contributed by atoms with Crippen molar-refractivity contribution in [3.8, 4) is 0 Å². The third-order valence-electron chi connectivity index (χ3n) is 3.09. The van der Waals surface area contributed by atoms with Crippen molar-refractivity contribution in [1.82, 2.24) is 4.98 Å². The van der Waals surface area contributed by atoms with Crippen molar-refractivity contribution >= 4 is 16.6 Å². The Hall–Kier alpha value is -2.04. The van der Waals surface area contributed by atoms with Crippen molar-refractivity contribution in [1.29, 1.82) is 0 Å². The Morgan fingerprint density at radius 1 is 1.35 bits per heavy atom. The molecule has 1 aromatic carbocycles. The molecule has 0 spiro atoms. The Bertz CT molecular complexity index is 623. The molecule has 1 aromatic heterocycles. The number of hydrogen-bond acceptors (Lipinski definition) is 3. The zero-order valence-corrected chi connectivity index (χ0v) is 8.89. The highest BCUT2D eigenvalue weighted by Gasteiger charge is 2.50. The van der Waals surface area contributed by atoms with E-state index >= 15 is 0 Å². The number of nitro groups is 1. The highest BCUT2D eigenvalue weighted by atomic mass is 19.1. The van der Waals surface area contributed by atoms with Crippen molar-refractivity contribution in [2.45, 2.75) is 18.5 Å². The van der Waals surface area contributed by atoms with Gasteiger partial charge in [0.05, 0.1) is 16.0 Å². The zero-order chi connectivity index (χ0) is 12.0. The molecule has 0 saturated heterocycles. The van der Waals surface area contributed by atoms with Crippen LogP contribution in [0.4, 0.5) is 10.1 Å². The predicted molar refractivity (Wildman–Crippen MR) is 60.4 cm³/mol. The normalized spacial score (nSPS) is 17.0. The van der Waals surface area contributed by atoms with E-state index in [1.54, 1.807) is 24.3 Å². The maximum Gasteiger partial charge on any atom is 0.294 e. The van der Waals surface area contributed by atoms with Crippen molar-refractivity contribution < 1.29 is 9.31 Å². The Balaban J connectivity index is 2.39. The van der Waals surface area contributed by atoms with Crippen LogP contribution in [0.15, 0.2) is 30.5 Å². The van der Waals surface area contributed by atoms with Crippen LogP contribution in [-0.4, -0.2) is 9.91 Å². The minimum absolute atomic E-state index is 0.188. The van der Waals surface area contributed by atoms with Gasteiger partial charge in [-0.25, -0.2) is 9.37 Å². The van der Waals surface area contributed by atoms with Crippen LogP contribution in [0.2, 0.25) is 0 Å². The highest BCUT2D eigenvalue weighted by molar-refractivity contribution is 5.86. The summed E-state index contributed by atoms with van der Waals surface area (Å²) in [6.07, 6.45) is 1.85. The first kappa shape index (κ1) is 10.1. The van der Waals surface area contributed by atoms with Crippen LogP contribution in [0.25, 0.3) is 10.9 Å². The molecule has 3 rings (SSSR count). The van der Waals surface area contributed by atoms with Gasteiger partial charge in [0.25, 0.3) is 5.69 Å². The van der Waals surface area contributed by atoms with Gasteiger partial charge in [0.2, 0.25) is 0 Å². The SMILES string of the molecule is O=[N+]([O-])c1cnc2ccccc2c1C1(F)CC1. The lowest BCUT2D eigenvalue weighted by molar-refractivity contribution is -0.386. The number of benzene rings is 1. The molecule has 2 aromatic rings. The minimum Gasteiger partial charge on any atom is -0.258 e. The minimum atomic E-state index is -1.54. The molecule has 0 unspecified atom stereocenters. The van der Waals surface area contributed by atoms with Gasteiger partial charge in [-0.1, -0.05) is 18.2 Å². The molecule has 86 valence electrons. The summed E-state index contributed by atoms with van der Waals surface area (Å²) >= 11 is 0. The van der Waals surface area contributed by atoms with Crippen LogP contribution >= 0.6 is 0 Å². The maximum absolute atomic E-state index is 14.3. The number of alkyl halides is 1. The molecule has 4 nitrogen and oxygen atoms in total. The van der Waals surface area contributed by atoms with E-state index in [4.69, 9.17) is 0 Å². The largest absolute Gasteiger partial charge is 0.294 e. The number of hydrogen-bond donors (Lipinski definition) is 0. The van der Waals surface area contributed by atoms with E-state index in [0.717, 1.165) is 6.20 Å². The summed E-state index contributed by atoms with van der Waals surface area (Å²) in [5, 5.41) is 11.5. The summed E-state index contributed by atoms with van der Waals surface area (Å²) in [5.74, 6) is 0. The second-order valence-electron chi connectivity index (χ2n) is 4.26. The Kier molecular flexibility index (Phi) is 1.92. The fraction of sp³-hybridized carbons (Fsp3) is 0.250. The monoisotopic (exact) mass is 232 g/mol. The fourth-order valence-electron chi connectivity index (χ4n) is 2.10. The van der Waals surface area contributed by atoms with Gasteiger partial charge in [-0.05, 0) is 18.9 Å². The second-order valence-corrected chi connectivity index (χ2v) is 4.26. The van der Waals surface area contributed by atoms with E-state index in [2.05, 4.69) is 4.98 Å². The molecule has 0 bridgehead atoms. The standard InChI is InChI=1S/C12H9FN2O2/c13-12(5-6-12)11-8-3-1-2-4-9(8)14-7-10(11)15(16)17/h1-4,7H,5-6H2. The number of halogens is 1. The molecule has 1 fully saturated rings. The number of rotatable bonds is 2. The quantitative estimate of drug-likeness (QED) is 0.590. The average molecular weight is 232 g/mol. The van der Waals surface area contributed by atoms with Crippen LogP contribution in [0.3, 0.4) is 0 Å². The first-order chi connectivity index (χ1) is 8.12. The van der Waals surface area contributed by atoms with Crippen LogP contribution in [0, 0.1) is 10.1 Å². The molecule has 0 radical (unpaired) electrons. The Morgan fingerprint density at radius 3 is 2.71 bits per heavy atom. The van der Waals surface area contributed by atoms with Gasteiger partial charge in [-0.3, -0.25) is 10.1 Å². The first-order valence-electron chi connectivity index (χ1n) is 5.33. The van der Waals surface area contributed by atoms with Gasteiger partial charge >= 0.3 is 0 Å². The summed E-state index contributed by atoms with van der Waals surface area (Å²) in [5.41, 5.74) is -0.973. The second kappa shape index (κ2) is 3.23. The lowest BCUT2D eigenvalue weighted by Crippen LogP contribution is -2.05. The number of para-hydroxylation sites is 1. The van der Waals surface area contributed by atoms with Gasteiger partial charge in [0.1, 0.15) is 11.9 Å². The van der Waals surface area contributed by atoms with E-state index in [1.165, 1.54) is 0 Å². The molecule has 1 aliphatic carbocycles. The van der Waals surface area contributed by atoms with Crippen molar-refractivity contribution in [3.05, 3.63) is 46.1 Å².